The lowest BCUT2D eigenvalue weighted by molar-refractivity contribution is -0.123. The fourth-order valence-electron chi connectivity index (χ4n) is 3.64. The molecule has 0 fully saturated rings. The van der Waals surface area contributed by atoms with Crippen LogP contribution in [0.1, 0.15) is 28.4 Å². The van der Waals surface area contributed by atoms with Crippen molar-refractivity contribution in [2.24, 2.45) is 7.05 Å². The molecule has 1 aliphatic rings. The Kier molecular flexibility index (Phi) is 5.59. The number of aromatic nitrogens is 3. The van der Waals surface area contributed by atoms with Crippen molar-refractivity contribution in [2.45, 2.75) is 30.8 Å². The van der Waals surface area contributed by atoms with Gasteiger partial charge in [0.1, 0.15) is 5.82 Å². The zero-order valence-electron chi connectivity index (χ0n) is 17.1. The number of carbonyl (C=O) groups excluding carboxylic acids is 1. The molecule has 3 aromatic rings. The molecule has 0 spiro atoms. The van der Waals surface area contributed by atoms with Crippen molar-refractivity contribution in [2.75, 3.05) is 6.54 Å². The van der Waals surface area contributed by atoms with Gasteiger partial charge in [-0.3, -0.25) is 14.5 Å². The first-order valence-electron chi connectivity index (χ1n) is 9.72. The van der Waals surface area contributed by atoms with E-state index >= 15 is 0 Å². The van der Waals surface area contributed by atoms with Crippen LogP contribution in [0.4, 0.5) is 4.39 Å². The summed E-state index contributed by atoms with van der Waals surface area (Å²) >= 11 is 0. The van der Waals surface area contributed by atoms with Gasteiger partial charge in [0, 0.05) is 38.1 Å². The third-order valence-corrected chi connectivity index (χ3v) is 7.06. The van der Waals surface area contributed by atoms with E-state index in [1.807, 2.05) is 6.07 Å². The molecule has 0 aliphatic carbocycles. The molecule has 1 N–H and O–H groups in total. The number of halogens is 1. The summed E-state index contributed by atoms with van der Waals surface area (Å²) in [5.41, 5.74) is 2.15. The van der Waals surface area contributed by atoms with Crippen LogP contribution in [0.15, 0.2) is 53.7 Å². The first kappa shape index (κ1) is 21.1. The van der Waals surface area contributed by atoms with E-state index in [1.165, 1.54) is 23.4 Å². The van der Waals surface area contributed by atoms with E-state index in [0.29, 0.717) is 17.0 Å². The molecule has 3 heterocycles. The van der Waals surface area contributed by atoms with Gasteiger partial charge in [0.15, 0.2) is 0 Å². The molecule has 1 aliphatic heterocycles. The standard InChI is InChI=1S/C21H22FN5O3S/c1-14-9-17(6-7-19(14)22)31(29,30)27-12-15-11-26(2)25-20(15)18(13-27)21(28)24-10-16-5-3-4-8-23-16/h3-9,11,18H,10,12-13H2,1-2H3,(H,24,28)/t18-/m1/s1. The Morgan fingerprint density at radius 1 is 1.29 bits per heavy atom. The fraction of sp³-hybridized carbons (Fsp3) is 0.286. The van der Waals surface area contributed by atoms with E-state index in [2.05, 4.69) is 15.4 Å². The van der Waals surface area contributed by atoms with Crippen LogP contribution in [0.25, 0.3) is 0 Å². The second-order valence-corrected chi connectivity index (χ2v) is 9.45. The number of amides is 1. The van der Waals surface area contributed by atoms with Crippen LogP contribution >= 0.6 is 0 Å². The highest BCUT2D eigenvalue weighted by Crippen LogP contribution is 2.31. The van der Waals surface area contributed by atoms with E-state index < -0.39 is 21.8 Å². The highest BCUT2D eigenvalue weighted by Gasteiger charge is 2.38. The maximum Gasteiger partial charge on any atom is 0.243 e. The molecule has 2 aromatic heterocycles. The number of hydrogen-bond donors (Lipinski definition) is 1. The molecule has 162 valence electrons. The topological polar surface area (TPSA) is 97.2 Å². The number of nitrogens with one attached hydrogen (secondary N) is 1. The Labute approximate surface area is 179 Å². The minimum absolute atomic E-state index is 0.00798. The molecule has 0 bridgehead atoms. The molecule has 1 aromatic carbocycles. The van der Waals surface area contributed by atoms with Gasteiger partial charge in [0.25, 0.3) is 0 Å². The number of carbonyl (C=O) groups is 1. The number of hydrogen-bond acceptors (Lipinski definition) is 5. The molecule has 31 heavy (non-hydrogen) atoms. The van der Waals surface area contributed by atoms with E-state index in [4.69, 9.17) is 0 Å². The summed E-state index contributed by atoms with van der Waals surface area (Å²) in [6.45, 7) is 1.77. The van der Waals surface area contributed by atoms with Crippen molar-refractivity contribution in [1.82, 2.24) is 24.4 Å². The molecule has 4 rings (SSSR count). The number of aryl methyl sites for hydroxylation is 2. The van der Waals surface area contributed by atoms with E-state index in [0.717, 1.165) is 6.07 Å². The minimum atomic E-state index is -3.93. The van der Waals surface area contributed by atoms with Gasteiger partial charge in [-0.15, -0.1) is 0 Å². The monoisotopic (exact) mass is 443 g/mol. The van der Waals surface area contributed by atoms with Gasteiger partial charge in [-0.25, -0.2) is 12.8 Å². The number of sulfonamides is 1. The molecule has 10 heteroatoms. The number of rotatable bonds is 5. The third kappa shape index (κ3) is 4.21. The first-order valence-corrected chi connectivity index (χ1v) is 11.2. The van der Waals surface area contributed by atoms with Gasteiger partial charge >= 0.3 is 0 Å². The first-order chi connectivity index (χ1) is 14.8. The second-order valence-electron chi connectivity index (χ2n) is 7.51. The molecule has 8 nitrogen and oxygen atoms in total. The van der Waals surface area contributed by atoms with Crippen LogP contribution in [0, 0.1) is 12.7 Å². The SMILES string of the molecule is Cc1cc(S(=O)(=O)N2Cc3cn(C)nc3[C@H](C(=O)NCc3ccccn3)C2)ccc1F. The van der Waals surface area contributed by atoms with Gasteiger partial charge in [0.2, 0.25) is 15.9 Å². The lowest BCUT2D eigenvalue weighted by Crippen LogP contribution is -2.43. The van der Waals surface area contributed by atoms with Gasteiger partial charge < -0.3 is 5.32 Å². The van der Waals surface area contributed by atoms with Crippen LogP contribution in [0.3, 0.4) is 0 Å². The van der Waals surface area contributed by atoms with Crippen molar-refractivity contribution >= 4 is 15.9 Å². The zero-order valence-corrected chi connectivity index (χ0v) is 17.9. The predicted octanol–water partition coefficient (Wildman–Crippen LogP) is 1.87. The van der Waals surface area contributed by atoms with Crippen LogP contribution in [0.5, 0.6) is 0 Å². The van der Waals surface area contributed by atoms with Gasteiger partial charge in [-0.1, -0.05) is 6.07 Å². The molecule has 0 radical (unpaired) electrons. The van der Waals surface area contributed by atoms with Gasteiger partial charge in [-0.05, 0) is 42.8 Å². The summed E-state index contributed by atoms with van der Waals surface area (Å²) < 4.78 is 43.0. The average molecular weight is 444 g/mol. The van der Waals surface area contributed by atoms with Crippen molar-refractivity contribution in [1.29, 1.82) is 0 Å². The zero-order chi connectivity index (χ0) is 22.2. The van der Waals surface area contributed by atoms with Gasteiger partial charge in [0.05, 0.1) is 28.7 Å². The number of nitrogens with zero attached hydrogens (tertiary/aromatic N) is 4. The predicted molar refractivity (Wildman–Crippen MR) is 111 cm³/mol. The van der Waals surface area contributed by atoms with Gasteiger partial charge in [-0.2, -0.15) is 9.40 Å². The fourth-order valence-corrected chi connectivity index (χ4v) is 5.15. The van der Waals surface area contributed by atoms with Crippen molar-refractivity contribution in [3.05, 3.63) is 77.1 Å². The Balaban J connectivity index is 1.62. The second kappa shape index (κ2) is 8.20. The molecule has 0 saturated heterocycles. The number of pyridine rings is 1. The van der Waals surface area contributed by atoms with Crippen LogP contribution in [0.2, 0.25) is 0 Å². The summed E-state index contributed by atoms with van der Waals surface area (Å²) in [7, 11) is -2.21. The Hall–Kier alpha value is -3.11. The summed E-state index contributed by atoms with van der Waals surface area (Å²) in [5, 5.41) is 7.22. The highest BCUT2D eigenvalue weighted by molar-refractivity contribution is 7.89. The third-order valence-electron chi connectivity index (χ3n) is 5.25. The summed E-state index contributed by atoms with van der Waals surface area (Å²) in [6, 6.07) is 9.09. The average Bonchev–Trinajstić information content (AvgIpc) is 3.14. The van der Waals surface area contributed by atoms with E-state index in [9.17, 15) is 17.6 Å². The normalized spacial score (nSPS) is 16.7. The molecular formula is C21H22FN5O3S. The van der Waals surface area contributed by atoms with Crippen LogP contribution in [-0.4, -0.2) is 39.9 Å². The molecule has 1 atom stereocenters. The van der Waals surface area contributed by atoms with Crippen LogP contribution in [-0.2, 0) is 35.0 Å². The van der Waals surface area contributed by atoms with E-state index in [1.54, 1.807) is 36.3 Å². The molecular weight excluding hydrogens is 421 g/mol. The summed E-state index contributed by atoms with van der Waals surface area (Å²) in [5.74, 6) is -1.58. The quantitative estimate of drug-likeness (QED) is 0.649. The van der Waals surface area contributed by atoms with Crippen LogP contribution < -0.4 is 5.32 Å². The molecule has 0 unspecified atom stereocenters. The van der Waals surface area contributed by atoms with Crippen molar-refractivity contribution in [3.8, 4) is 0 Å². The van der Waals surface area contributed by atoms with Crippen molar-refractivity contribution in [3.63, 3.8) is 0 Å². The minimum Gasteiger partial charge on any atom is -0.350 e. The van der Waals surface area contributed by atoms with Crippen molar-refractivity contribution < 1.29 is 17.6 Å². The Bertz CT molecular complexity index is 1230. The Morgan fingerprint density at radius 3 is 2.81 bits per heavy atom. The largest absolute Gasteiger partial charge is 0.350 e. The lowest BCUT2D eigenvalue weighted by atomic mass is 9.97. The Morgan fingerprint density at radius 2 is 2.10 bits per heavy atom. The number of benzene rings is 1. The number of fused-ring (bicyclic) bond motifs is 1. The lowest BCUT2D eigenvalue weighted by Gasteiger charge is -2.30. The highest BCUT2D eigenvalue weighted by atomic mass is 32.2. The maximum absolute atomic E-state index is 13.6. The maximum atomic E-state index is 13.6. The van der Waals surface area contributed by atoms with E-state index in [-0.39, 0.29) is 36.0 Å². The molecule has 1 amide bonds. The summed E-state index contributed by atoms with van der Waals surface area (Å²) in [6.07, 6.45) is 3.35. The smallest absolute Gasteiger partial charge is 0.243 e. The molecule has 0 saturated carbocycles. The summed E-state index contributed by atoms with van der Waals surface area (Å²) in [4.78, 5) is 17.2.